The van der Waals surface area contributed by atoms with Crippen molar-refractivity contribution in [2.24, 2.45) is 0 Å². The van der Waals surface area contributed by atoms with E-state index < -0.39 is 5.69 Å². The summed E-state index contributed by atoms with van der Waals surface area (Å²) in [5.41, 5.74) is -2.23. The van der Waals surface area contributed by atoms with Crippen molar-refractivity contribution in [2.75, 3.05) is 19.0 Å². The fraction of sp³-hybridized carbons (Fsp3) is 1.00. The maximum atomic E-state index is 6.46. The summed E-state index contributed by atoms with van der Waals surface area (Å²) in [5, 5.41) is 0. The van der Waals surface area contributed by atoms with E-state index in [1.807, 2.05) is 11.4 Å². The van der Waals surface area contributed by atoms with Crippen LogP contribution < -0.4 is 0 Å². The van der Waals surface area contributed by atoms with Gasteiger partial charge in [-0.15, -0.1) is 0 Å². The van der Waals surface area contributed by atoms with Gasteiger partial charge in [-0.05, 0) is 31.1 Å². The molecular weight excluding hydrogens is 740 g/mol. The Morgan fingerprint density at radius 2 is 0.446 bits per heavy atom. The van der Waals surface area contributed by atoms with Gasteiger partial charge in [0, 0.05) is 5.75 Å². The Bertz CT molecular complexity index is 654. The van der Waals surface area contributed by atoms with Gasteiger partial charge in [0.1, 0.15) is 0 Å². The van der Waals surface area contributed by atoms with E-state index in [2.05, 4.69) is 20.8 Å². The highest BCUT2D eigenvalue weighted by Gasteiger charge is 2.19. The van der Waals surface area contributed by atoms with Crippen LogP contribution in [0, 0.1) is 0 Å². The van der Waals surface area contributed by atoms with Crippen molar-refractivity contribution >= 4 is 28.9 Å². The maximum Gasteiger partial charge on any atom is 0.247 e. The van der Waals surface area contributed by atoms with Crippen LogP contribution in [0.15, 0.2) is 0 Å². The Kier molecular flexibility index (Phi) is 51.1. The molecule has 0 N–H and O–H groups in total. The summed E-state index contributed by atoms with van der Waals surface area (Å²) in [6.45, 7) is 8.50. The summed E-state index contributed by atoms with van der Waals surface area (Å²) in [6.07, 6.45) is 63.0. The predicted molar refractivity (Wildman–Crippen MR) is 263 cm³/mol. The van der Waals surface area contributed by atoms with Crippen molar-refractivity contribution < 1.29 is 9.05 Å². The first-order valence-corrected chi connectivity index (χ1v) is 30.4. The SMILES string of the molecule is CCCCCCCCCCCCCCCCCOP(=S)(OCCCCCCCCCCCCCCCCC)SCCCCCCCCCCCCCCCCC. The molecule has 0 rings (SSSR count). The van der Waals surface area contributed by atoms with Crippen LogP contribution in [-0.4, -0.2) is 19.0 Å². The third-order valence-corrected chi connectivity index (χ3v) is 17.5. The molecule has 0 spiro atoms. The third-order valence-electron chi connectivity index (χ3n) is 12.0. The zero-order chi connectivity index (χ0) is 40.6. The summed E-state index contributed by atoms with van der Waals surface area (Å²) in [6, 6.07) is 0. The van der Waals surface area contributed by atoms with Crippen molar-refractivity contribution in [1.82, 2.24) is 0 Å². The molecule has 0 aliphatic rings. The quantitative estimate of drug-likeness (QED) is 0.0448. The van der Waals surface area contributed by atoms with E-state index >= 15 is 0 Å². The van der Waals surface area contributed by atoms with Crippen LogP contribution >= 0.6 is 17.1 Å². The minimum atomic E-state index is -2.23. The van der Waals surface area contributed by atoms with E-state index in [1.54, 1.807) is 0 Å². The van der Waals surface area contributed by atoms with Crippen LogP contribution in [0.4, 0.5) is 0 Å². The van der Waals surface area contributed by atoms with Gasteiger partial charge in [-0.3, -0.25) is 0 Å². The number of rotatable bonds is 51. The zero-order valence-corrected chi connectivity index (χ0v) is 41.5. The van der Waals surface area contributed by atoms with E-state index in [0.29, 0.717) is 0 Å². The van der Waals surface area contributed by atoms with Crippen molar-refractivity contribution in [3.05, 3.63) is 0 Å². The van der Waals surface area contributed by atoms with E-state index in [4.69, 9.17) is 20.9 Å². The zero-order valence-electron chi connectivity index (χ0n) is 39.0. The summed E-state index contributed by atoms with van der Waals surface area (Å²) in [5.74, 6) is 1.10. The van der Waals surface area contributed by atoms with Gasteiger partial charge >= 0.3 is 0 Å². The lowest BCUT2D eigenvalue weighted by Crippen LogP contribution is -1.98. The molecule has 0 aromatic heterocycles. The second-order valence-electron chi connectivity index (χ2n) is 17.8. The third kappa shape index (κ3) is 47.6. The van der Waals surface area contributed by atoms with Gasteiger partial charge in [0.2, 0.25) is 5.69 Å². The number of unbranched alkanes of at least 4 members (excludes halogenated alkanes) is 42. The van der Waals surface area contributed by atoms with Crippen LogP contribution in [0.2, 0.25) is 0 Å². The molecule has 0 amide bonds. The first kappa shape index (κ1) is 56.9. The van der Waals surface area contributed by atoms with Crippen LogP contribution in [-0.2, 0) is 20.9 Å². The molecule has 0 bridgehead atoms. The van der Waals surface area contributed by atoms with Gasteiger partial charge in [0.25, 0.3) is 0 Å². The predicted octanol–water partition coefficient (Wildman–Crippen LogP) is 20.6. The molecule has 2 nitrogen and oxygen atoms in total. The average molecular weight is 846 g/mol. The molecule has 0 heterocycles. The Balaban J connectivity index is 4.08. The van der Waals surface area contributed by atoms with E-state index in [9.17, 15) is 0 Å². The molecule has 0 saturated carbocycles. The molecule has 338 valence electrons. The molecule has 56 heavy (non-hydrogen) atoms. The molecule has 0 aromatic rings. The van der Waals surface area contributed by atoms with E-state index in [-0.39, 0.29) is 0 Å². The standard InChI is InChI=1S/C51H105O2PS2/c1-4-7-10-13-16-19-22-25-28-31-34-37-40-43-46-49-52-54(55,53-50-47-44-41-38-35-32-29-26-23-20-17-14-11-8-5-2)56-51-48-45-42-39-36-33-30-27-24-21-18-15-12-9-6-3/h4-51H2,1-3H3. The first-order chi connectivity index (χ1) is 27.7. The molecule has 0 atom stereocenters. The molecule has 0 radical (unpaired) electrons. The lowest BCUT2D eigenvalue weighted by Gasteiger charge is -2.21. The highest BCUT2D eigenvalue weighted by molar-refractivity contribution is 8.67. The fourth-order valence-corrected chi connectivity index (χ4v) is 12.6. The Hall–Kier alpha value is 0.920. The molecule has 0 aliphatic carbocycles. The molecule has 0 fully saturated rings. The van der Waals surface area contributed by atoms with Crippen LogP contribution in [0.3, 0.4) is 0 Å². The summed E-state index contributed by atoms with van der Waals surface area (Å²) in [4.78, 5) is 0. The smallest absolute Gasteiger partial charge is 0.247 e. The number of hydrogen-bond acceptors (Lipinski definition) is 4. The summed E-state index contributed by atoms with van der Waals surface area (Å²) in [7, 11) is 0. The van der Waals surface area contributed by atoms with E-state index in [1.165, 1.54) is 276 Å². The Morgan fingerprint density at radius 1 is 0.268 bits per heavy atom. The van der Waals surface area contributed by atoms with Crippen LogP contribution in [0.5, 0.6) is 0 Å². The second kappa shape index (κ2) is 50.3. The fourth-order valence-electron chi connectivity index (χ4n) is 8.06. The van der Waals surface area contributed by atoms with Gasteiger partial charge < -0.3 is 9.05 Å². The van der Waals surface area contributed by atoms with Gasteiger partial charge in [-0.25, -0.2) is 0 Å². The summed E-state index contributed by atoms with van der Waals surface area (Å²) >= 11 is 8.01. The molecule has 0 aliphatic heterocycles. The van der Waals surface area contributed by atoms with Crippen molar-refractivity contribution in [2.45, 2.75) is 310 Å². The number of hydrogen-bond donors (Lipinski definition) is 0. The molecular formula is C51H105O2PS2. The highest BCUT2D eigenvalue weighted by Crippen LogP contribution is 2.61. The minimum absolute atomic E-state index is 0.792. The van der Waals surface area contributed by atoms with Crippen molar-refractivity contribution in [3.63, 3.8) is 0 Å². The van der Waals surface area contributed by atoms with Gasteiger partial charge in [0.15, 0.2) is 0 Å². The minimum Gasteiger partial charge on any atom is -0.322 e. The normalized spacial score (nSPS) is 12.0. The van der Waals surface area contributed by atoms with Crippen LogP contribution in [0.25, 0.3) is 0 Å². The molecule has 5 heteroatoms. The molecule has 0 saturated heterocycles. The molecule has 0 aromatic carbocycles. The topological polar surface area (TPSA) is 18.5 Å². The summed E-state index contributed by atoms with van der Waals surface area (Å²) < 4.78 is 12.9. The highest BCUT2D eigenvalue weighted by atomic mass is 32.9. The maximum absolute atomic E-state index is 6.46. The van der Waals surface area contributed by atoms with Gasteiger partial charge in [0.05, 0.1) is 13.2 Å². The average Bonchev–Trinajstić information content (AvgIpc) is 3.20. The largest absolute Gasteiger partial charge is 0.322 e. The van der Waals surface area contributed by atoms with Gasteiger partial charge in [-0.1, -0.05) is 302 Å². The monoisotopic (exact) mass is 845 g/mol. The molecule has 0 unspecified atom stereocenters. The van der Waals surface area contributed by atoms with Crippen molar-refractivity contribution in [1.29, 1.82) is 0 Å². The van der Waals surface area contributed by atoms with Crippen LogP contribution in [0.1, 0.15) is 310 Å². The lowest BCUT2D eigenvalue weighted by molar-refractivity contribution is 0.249. The lowest BCUT2D eigenvalue weighted by atomic mass is 10.0. The van der Waals surface area contributed by atoms with E-state index in [0.717, 1.165) is 31.8 Å². The Labute approximate surface area is 364 Å². The van der Waals surface area contributed by atoms with Gasteiger partial charge in [-0.2, -0.15) is 0 Å². The second-order valence-corrected chi connectivity index (χ2v) is 24.2. The first-order valence-electron chi connectivity index (χ1n) is 26.2. The van der Waals surface area contributed by atoms with Crippen molar-refractivity contribution in [3.8, 4) is 0 Å². The Morgan fingerprint density at radius 3 is 0.661 bits per heavy atom.